The van der Waals surface area contributed by atoms with Gasteiger partial charge in [-0.2, -0.15) is 0 Å². The third-order valence-corrected chi connectivity index (χ3v) is 18.4. The zero-order valence-electron chi connectivity index (χ0n) is 63.1. The average Bonchev–Trinajstić information content (AvgIpc) is 0.792. The third-order valence-electron chi connectivity index (χ3n) is 18.4. The van der Waals surface area contributed by atoms with Gasteiger partial charge in [0.2, 0.25) is 5.91 Å². The lowest BCUT2D eigenvalue weighted by atomic mass is 9.97. The lowest BCUT2D eigenvalue weighted by Gasteiger charge is -2.46. The van der Waals surface area contributed by atoms with E-state index in [1.807, 2.05) is 6.08 Å². The van der Waals surface area contributed by atoms with Crippen LogP contribution in [-0.2, 0) is 23.7 Å². The Kier molecular flexibility index (Phi) is 63.1. The molecule has 0 saturated carbocycles. The number of ether oxygens (including phenoxy) is 4. The molecule has 0 aromatic heterocycles. The zero-order valence-corrected chi connectivity index (χ0v) is 63.1. The maximum absolute atomic E-state index is 13.4. The van der Waals surface area contributed by atoms with E-state index in [9.17, 15) is 45.6 Å². The second kappa shape index (κ2) is 68.7. The van der Waals surface area contributed by atoms with Gasteiger partial charge >= 0.3 is 0 Å². The Bertz CT molecular complexity index is 2310. The molecule has 0 aliphatic carbocycles. The number of rotatable bonds is 65. The minimum Gasteiger partial charge on any atom is -0.394 e. The minimum atomic E-state index is -1.80. The summed E-state index contributed by atoms with van der Waals surface area (Å²) in [5, 5.41) is 87.6. The molecule has 0 aromatic carbocycles. The van der Waals surface area contributed by atoms with Crippen molar-refractivity contribution in [1.29, 1.82) is 0 Å². The molecule has 0 spiro atoms. The molecule has 0 radical (unpaired) electrons. The van der Waals surface area contributed by atoms with E-state index in [1.165, 1.54) is 128 Å². The Morgan fingerprint density at radius 2 is 0.693 bits per heavy atom. The number of unbranched alkanes of at least 4 members (excludes halogenated alkanes) is 28. The standard InChI is InChI=1S/C87H145NO13/c1-3-5-7-9-11-13-15-17-19-21-23-25-27-29-31-33-35-36-37-38-39-40-41-43-45-47-49-51-53-55-57-59-61-63-65-67-69-71-79(92)88-75(74-98-86-84(97)82(95)85(78(73-90)100-86)101-87-83(96)81(94)80(93)77(72-89)99-87)76(91)70-68-66-64-62-60-58-56-54-52-50-48-46-44-42-34-32-30-28-26-24-22-20-18-16-14-12-10-8-6-4-2/h5,7,11,13,17,19,23,25,29,31,35-36,38-39,41,43,47,49,52-55,60,62,68,70,75-78,80-87,89-91,93-97H,3-4,6,8-10,12,14-16,18,20-22,24,26-28,30,32-34,37,40,42,44-46,48,50-51,56-59,61,63-67,69,71-74H2,1-2H3,(H,88,92)/b7-5-,13-11-,19-17-,25-23-,31-29-,36-35-,39-38-,43-41-,49-47-,54-52+,55-53-,62-60+,70-68+. The van der Waals surface area contributed by atoms with Crippen molar-refractivity contribution < 1.29 is 64.6 Å². The second-order valence-corrected chi connectivity index (χ2v) is 27.4. The van der Waals surface area contributed by atoms with Gasteiger partial charge in [-0.05, 0) is 122 Å². The number of nitrogens with one attached hydrogen (secondary N) is 1. The van der Waals surface area contributed by atoms with Crippen molar-refractivity contribution in [3.8, 4) is 0 Å². The first-order valence-corrected chi connectivity index (χ1v) is 40.2. The Hall–Kier alpha value is -4.39. The SMILES string of the molecule is CC/C=C\C/C=C\C/C=C\C/C=C\C/C=C\C/C=C\C/C=C\C/C=C\C/C=C\C/C=C\CCCCCCCCC(=O)NC(COC1OC(CO)C(OC2OC(CO)C(O)C(O)C2O)C(O)C1O)C(O)/C=C/CC/C=C/CC/C=C/CCCCCCCCCCCCCCCCCCCCCC. The molecule has 2 aliphatic heterocycles. The van der Waals surface area contributed by atoms with Crippen molar-refractivity contribution in [3.63, 3.8) is 0 Å². The van der Waals surface area contributed by atoms with Crippen molar-refractivity contribution in [2.24, 2.45) is 0 Å². The van der Waals surface area contributed by atoms with Gasteiger partial charge in [0.15, 0.2) is 12.6 Å². The number of aliphatic hydroxyl groups excluding tert-OH is 8. The summed E-state index contributed by atoms with van der Waals surface area (Å²) in [6, 6.07) is -0.961. The summed E-state index contributed by atoms with van der Waals surface area (Å²) in [6.07, 6.45) is 88.9. The van der Waals surface area contributed by atoms with Crippen molar-refractivity contribution in [1.82, 2.24) is 5.32 Å². The quantitative estimate of drug-likeness (QED) is 0.0204. The Labute approximate surface area is 614 Å². The highest BCUT2D eigenvalue weighted by atomic mass is 16.7. The maximum Gasteiger partial charge on any atom is 0.220 e. The molecule has 2 saturated heterocycles. The number of hydrogen-bond donors (Lipinski definition) is 9. The normalized spacial score (nSPS) is 22.6. The van der Waals surface area contributed by atoms with Gasteiger partial charge in [-0.15, -0.1) is 0 Å². The number of allylic oxidation sites excluding steroid dienone is 25. The molecule has 0 bridgehead atoms. The first-order valence-electron chi connectivity index (χ1n) is 40.2. The Morgan fingerprint density at radius 3 is 1.09 bits per heavy atom. The summed E-state index contributed by atoms with van der Waals surface area (Å²) in [5.74, 6) is -0.272. The van der Waals surface area contributed by atoms with E-state index in [-0.39, 0.29) is 18.9 Å². The summed E-state index contributed by atoms with van der Waals surface area (Å²) in [6.45, 7) is 2.67. The number of hydrogen-bond acceptors (Lipinski definition) is 13. The van der Waals surface area contributed by atoms with Crippen LogP contribution >= 0.6 is 0 Å². The minimum absolute atomic E-state index is 0.242. The van der Waals surface area contributed by atoms with Crippen LogP contribution in [0.5, 0.6) is 0 Å². The van der Waals surface area contributed by atoms with E-state index in [0.29, 0.717) is 12.8 Å². The summed E-state index contributed by atoms with van der Waals surface area (Å²) in [7, 11) is 0. The van der Waals surface area contributed by atoms with Crippen molar-refractivity contribution in [2.45, 2.75) is 364 Å². The monoisotopic (exact) mass is 1410 g/mol. The summed E-state index contributed by atoms with van der Waals surface area (Å²) in [5.41, 5.74) is 0. The zero-order chi connectivity index (χ0) is 73.0. The largest absolute Gasteiger partial charge is 0.394 e. The van der Waals surface area contributed by atoms with E-state index in [4.69, 9.17) is 18.9 Å². The first-order chi connectivity index (χ1) is 49.6. The number of aliphatic hydroxyl groups is 8. The van der Waals surface area contributed by atoms with Gasteiger partial charge in [0.1, 0.15) is 48.8 Å². The Balaban J connectivity index is 1.67. The Morgan fingerprint density at radius 1 is 0.366 bits per heavy atom. The maximum atomic E-state index is 13.4. The molecule has 9 N–H and O–H groups in total. The van der Waals surface area contributed by atoms with Crippen molar-refractivity contribution in [2.75, 3.05) is 19.8 Å². The fourth-order valence-electron chi connectivity index (χ4n) is 12.1. The van der Waals surface area contributed by atoms with Gasteiger partial charge in [-0.1, -0.05) is 320 Å². The molecule has 0 aromatic rings. The van der Waals surface area contributed by atoms with Crippen LogP contribution in [0, 0.1) is 0 Å². The van der Waals surface area contributed by atoms with Crippen LogP contribution in [0.2, 0.25) is 0 Å². The predicted molar refractivity (Wildman–Crippen MR) is 419 cm³/mol. The summed E-state index contributed by atoms with van der Waals surface area (Å²) < 4.78 is 22.9. The van der Waals surface area contributed by atoms with Gasteiger partial charge < -0.3 is 65.1 Å². The summed E-state index contributed by atoms with van der Waals surface area (Å²) in [4.78, 5) is 13.4. The first kappa shape index (κ1) is 92.7. The van der Waals surface area contributed by atoms with E-state index in [0.717, 1.165) is 128 Å². The van der Waals surface area contributed by atoms with Crippen LogP contribution in [0.1, 0.15) is 290 Å². The van der Waals surface area contributed by atoms with E-state index in [1.54, 1.807) is 6.08 Å². The van der Waals surface area contributed by atoms with Crippen LogP contribution in [-0.4, -0.2) is 140 Å². The topological polar surface area (TPSA) is 228 Å². The van der Waals surface area contributed by atoms with Crippen LogP contribution in [0.25, 0.3) is 0 Å². The molecule has 576 valence electrons. The van der Waals surface area contributed by atoms with Crippen LogP contribution < -0.4 is 5.32 Å². The molecule has 14 nitrogen and oxygen atoms in total. The lowest BCUT2D eigenvalue weighted by molar-refractivity contribution is -0.359. The van der Waals surface area contributed by atoms with E-state index < -0.39 is 86.8 Å². The predicted octanol–water partition coefficient (Wildman–Crippen LogP) is 18.5. The molecule has 2 rings (SSSR count). The fraction of sp³-hybridized carbons (Fsp3) is 0.690. The number of carbonyl (C=O) groups is 1. The molecule has 14 heteroatoms. The highest BCUT2D eigenvalue weighted by Gasteiger charge is 2.51. The fourth-order valence-corrected chi connectivity index (χ4v) is 12.1. The smallest absolute Gasteiger partial charge is 0.220 e. The van der Waals surface area contributed by atoms with Crippen LogP contribution in [0.3, 0.4) is 0 Å². The average molecular weight is 1410 g/mol. The van der Waals surface area contributed by atoms with Gasteiger partial charge in [0, 0.05) is 6.42 Å². The third kappa shape index (κ3) is 51.4. The van der Waals surface area contributed by atoms with E-state index in [2.05, 4.69) is 165 Å². The van der Waals surface area contributed by atoms with Crippen molar-refractivity contribution >= 4 is 5.91 Å². The van der Waals surface area contributed by atoms with Crippen molar-refractivity contribution in [3.05, 3.63) is 158 Å². The molecular formula is C87H145NO13. The van der Waals surface area contributed by atoms with Gasteiger partial charge in [-0.3, -0.25) is 4.79 Å². The lowest BCUT2D eigenvalue weighted by Crippen LogP contribution is -2.65. The highest BCUT2D eigenvalue weighted by molar-refractivity contribution is 5.76. The molecule has 2 aliphatic rings. The summed E-state index contributed by atoms with van der Waals surface area (Å²) >= 11 is 0. The molecule has 12 atom stereocenters. The second-order valence-electron chi connectivity index (χ2n) is 27.4. The molecule has 12 unspecified atom stereocenters. The number of carbonyl (C=O) groups excluding carboxylic acids is 1. The van der Waals surface area contributed by atoms with Crippen LogP contribution in [0.15, 0.2) is 158 Å². The molecule has 2 heterocycles. The van der Waals surface area contributed by atoms with Gasteiger partial charge in [-0.25, -0.2) is 0 Å². The molecule has 2 fully saturated rings. The molecule has 1 amide bonds. The van der Waals surface area contributed by atoms with Crippen LogP contribution in [0.4, 0.5) is 0 Å². The molecule has 101 heavy (non-hydrogen) atoms. The van der Waals surface area contributed by atoms with Gasteiger partial charge in [0.05, 0.1) is 32.0 Å². The number of amides is 1. The van der Waals surface area contributed by atoms with Gasteiger partial charge in [0.25, 0.3) is 0 Å². The van der Waals surface area contributed by atoms with E-state index >= 15 is 0 Å². The highest BCUT2D eigenvalue weighted by Crippen LogP contribution is 2.30. The molecular weight excluding hydrogens is 1270 g/mol.